The van der Waals surface area contributed by atoms with E-state index in [1.54, 1.807) is 0 Å². The van der Waals surface area contributed by atoms with Gasteiger partial charge in [0.2, 0.25) is 5.91 Å². The summed E-state index contributed by atoms with van der Waals surface area (Å²) in [5.41, 5.74) is 5.33. The summed E-state index contributed by atoms with van der Waals surface area (Å²) in [5, 5.41) is 12.2. The lowest BCUT2D eigenvalue weighted by atomic mass is 9.68. The molecule has 2 fully saturated rings. The predicted molar refractivity (Wildman–Crippen MR) is 71.4 cm³/mol. The van der Waals surface area contributed by atoms with E-state index in [9.17, 15) is 14.7 Å². The smallest absolute Gasteiger partial charge is 0.306 e. The number of carboxylic acid groups (broad SMARTS) is 1. The Morgan fingerprint density at radius 1 is 1.21 bits per heavy atom. The number of carbonyl (C=O) groups is 2. The molecule has 2 unspecified atom stereocenters. The highest BCUT2D eigenvalue weighted by atomic mass is 16.4. The van der Waals surface area contributed by atoms with Crippen molar-refractivity contribution in [1.29, 1.82) is 0 Å². The summed E-state index contributed by atoms with van der Waals surface area (Å²) >= 11 is 0. The summed E-state index contributed by atoms with van der Waals surface area (Å²) in [4.78, 5) is 23.4. The molecule has 0 heterocycles. The normalized spacial score (nSPS) is 29.3. The Labute approximate surface area is 113 Å². The Hall–Kier alpha value is -1.10. The molecule has 2 saturated carbocycles. The summed E-state index contributed by atoms with van der Waals surface area (Å²) in [6.07, 6.45) is 6.46. The third-order valence-electron chi connectivity index (χ3n) is 4.93. The maximum atomic E-state index is 12.2. The van der Waals surface area contributed by atoms with E-state index < -0.39 is 5.97 Å². The Balaban J connectivity index is 1.86. The summed E-state index contributed by atoms with van der Waals surface area (Å²) in [5.74, 6) is -0.929. The van der Waals surface area contributed by atoms with Crippen molar-refractivity contribution in [3.8, 4) is 0 Å². The van der Waals surface area contributed by atoms with Gasteiger partial charge in [-0.3, -0.25) is 9.59 Å². The lowest BCUT2D eigenvalue weighted by Gasteiger charge is -2.40. The predicted octanol–water partition coefficient (Wildman–Crippen LogP) is 1.12. The number of nitrogens with one attached hydrogen (secondary N) is 1. The number of nitrogens with two attached hydrogens (primary N) is 1. The average Bonchev–Trinajstić information content (AvgIpc) is 2.36. The maximum absolute atomic E-state index is 12.2. The summed E-state index contributed by atoms with van der Waals surface area (Å²) in [6, 6.07) is 0. The van der Waals surface area contributed by atoms with Crippen LogP contribution in [0.15, 0.2) is 0 Å². The zero-order chi connectivity index (χ0) is 13.9. The van der Waals surface area contributed by atoms with E-state index in [-0.39, 0.29) is 23.2 Å². The lowest BCUT2D eigenvalue weighted by Crippen LogP contribution is -2.51. The molecular weight excluding hydrogens is 244 g/mol. The molecule has 0 aromatic rings. The van der Waals surface area contributed by atoms with Crippen LogP contribution in [0.3, 0.4) is 0 Å². The highest BCUT2D eigenvalue weighted by Crippen LogP contribution is 2.40. The quantitative estimate of drug-likeness (QED) is 0.696. The van der Waals surface area contributed by atoms with Crippen LogP contribution in [0.4, 0.5) is 0 Å². The van der Waals surface area contributed by atoms with E-state index in [2.05, 4.69) is 5.32 Å². The van der Waals surface area contributed by atoms with Gasteiger partial charge in [0.05, 0.1) is 11.3 Å². The molecule has 0 saturated heterocycles. The Bertz CT molecular complexity index is 347. The molecule has 2 rings (SSSR count). The van der Waals surface area contributed by atoms with Crippen LogP contribution in [-0.4, -0.2) is 30.1 Å². The minimum absolute atomic E-state index is 0.0240. The van der Waals surface area contributed by atoms with E-state index in [1.807, 2.05) is 0 Å². The second-order valence-corrected chi connectivity index (χ2v) is 6.04. The van der Waals surface area contributed by atoms with Crippen LogP contribution in [0.25, 0.3) is 0 Å². The van der Waals surface area contributed by atoms with Crippen molar-refractivity contribution < 1.29 is 14.7 Å². The Morgan fingerprint density at radius 3 is 2.42 bits per heavy atom. The topological polar surface area (TPSA) is 92.4 Å². The molecule has 0 aromatic carbocycles. The van der Waals surface area contributed by atoms with Crippen molar-refractivity contribution >= 4 is 11.9 Å². The third-order valence-corrected chi connectivity index (χ3v) is 4.93. The highest BCUT2D eigenvalue weighted by Gasteiger charge is 2.43. The van der Waals surface area contributed by atoms with Crippen molar-refractivity contribution in [2.45, 2.75) is 44.9 Å². The van der Waals surface area contributed by atoms with Gasteiger partial charge in [0.25, 0.3) is 0 Å². The van der Waals surface area contributed by atoms with E-state index in [0.29, 0.717) is 13.1 Å². The Morgan fingerprint density at radius 2 is 1.89 bits per heavy atom. The number of rotatable bonds is 5. The van der Waals surface area contributed by atoms with Gasteiger partial charge in [-0.05, 0) is 31.6 Å². The molecule has 19 heavy (non-hydrogen) atoms. The zero-order valence-electron chi connectivity index (χ0n) is 11.4. The van der Waals surface area contributed by atoms with E-state index in [1.165, 1.54) is 0 Å². The number of aliphatic carboxylic acids is 1. The standard InChI is InChI=1S/C14H24N2O3/c15-9-14(6-3-7-14)13(19)16-8-10-4-1-2-5-11(10)12(17)18/h10-11H,1-9,15H2,(H,16,19)(H,17,18). The first-order valence-electron chi connectivity index (χ1n) is 7.30. The zero-order valence-corrected chi connectivity index (χ0v) is 11.4. The van der Waals surface area contributed by atoms with Gasteiger partial charge in [-0.15, -0.1) is 0 Å². The third kappa shape index (κ3) is 2.91. The molecule has 0 bridgehead atoms. The maximum Gasteiger partial charge on any atom is 0.306 e. The molecule has 108 valence electrons. The molecule has 0 aliphatic heterocycles. The number of hydrogen-bond donors (Lipinski definition) is 3. The van der Waals surface area contributed by atoms with Crippen LogP contribution < -0.4 is 11.1 Å². The second kappa shape index (κ2) is 5.90. The van der Waals surface area contributed by atoms with Gasteiger partial charge < -0.3 is 16.2 Å². The van der Waals surface area contributed by atoms with Crippen molar-refractivity contribution in [1.82, 2.24) is 5.32 Å². The molecule has 2 aliphatic rings. The van der Waals surface area contributed by atoms with Crippen LogP contribution in [-0.2, 0) is 9.59 Å². The Kier molecular flexibility index (Phi) is 4.45. The molecule has 0 spiro atoms. The van der Waals surface area contributed by atoms with E-state index in [0.717, 1.165) is 44.9 Å². The van der Waals surface area contributed by atoms with Crippen LogP contribution in [0.5, 0.6) is 0 Å². The van der Waals surface area contributed by atoms with Crippen molar-refractivity contribution in [2.75, 3.05) is 13.1 Å². The van der Waals surface area contributed by atoms with Gasteiger partial charge in [0, 0.05) is 13.1 Å². The fourth-order valence-electron chi connectivity index (χ4n) is 3.32. The van der Waals surface area contributed by atoms with Gasteiger partial charge in [0.15, 0.2) is 0 Å². The number of carbonyl (C=O) groups excluding carboxylic acids is 1. The van der Waals surface area contributed by atoms with Crippen molar-refractivity contribution in [3.63, 3.8) is 0 Å². The monoisotopic (exact) mass is 268 g/mol. The average molecular weight is 268 g/mol. The molecule has 2 aliphatic carbocycles. The van der Waals surface area contributed by atoms with Gasteiger partial charge in [-0.2, -0.15) is 0 Å². The first-order valence-corrected chi connectivity index (χ1v) is 7.30. The summed E-state index contributed by atoms with van der Waals surface area (Å²) in [7, 11) is 0. The van der Waals surface area contributed by atoms with Crippen LogP contribution >= 0.6 is 0 Å². The fourth-order valence-corrected chi connectivity index (χ4v) is 3.32. The van der Waals surface area contributed by atoms with Crippen molar-refractivity contribution in [3.05, 3.63) is 0 Å². The highest BCUT2D eigenvalue weighted by molar-refractivity contribution is 5.83. The molecule has 1 amide bonds. The SMILES string of the molecule is NCC1(C(=O)NCC2CCCCC2C(=O)O)CCC1. The molecule has 0 aromatic heterocycles. The minimum atomic E-state index is -0.726. The van der Waals surface area contributed by atoms with Gasteiger partial charge in [-0.1, -0.05) is 19.3 Å². The molecule has 2 atom stereocenters. The van der Waals surface area contributed by atoms with Gasteiger partial charge >= 0.3 is 5.97 Å². The minimum Gasteiger partial charge on any atom is -0.481 e. The molecule has 5 heteroatoms. The first-order chi connectivity index (χ1) is 9.09. The second-order valence-electron chi connectivity index (χ2n) is 6.04. The summed E-state index contributed by atoms with van der Waals surface area (Å²) < 4.78 is 0. The van der Waals surface area contributed by atoms with Gasteiger partial charge in [0.1, 0.15) is 0 Å². The summed E-state index contributed by atoms with van der Waals surface area (Å²) in [6.45, 7) is 0.878. The van der Waals surface area contributed by atoms with Crippen LogP contribution in [0.2, 0.25) is 0 Å². The first kappa shape index (κ1) is 14.3. The van der Waals surface area contributed by atoms with Gasteiger partial charge in [-0.25, -0.2) is 0 Å². The van der Waals surface area contributed by atoms with E-state index in [4.69, 9.17) is 5.73 Å². The van der Waals surface area contributed by atoms with Crippen LogP contribution in [0, 0.1) is 17.3 Å². The van der Waals surface area contributed by atoms with Crippen LogP contribution in [0.1, 0.15) is 44.9 Å². The number of hydrogen-bond acceptors (Lipinski definition) is 3. The largest absolute Gasteiger partial charge is 0.481 e. The lowest BCUT2D eigenvalue weighted by molar-refractivity contribution is -0.145. The van der Waals surface area contributed by atoms with E-state index >= 15 is 0 Å². The molecule has 0 radical (unpaired) electrons. The van der Waals surface area contributed by atoms with Crippen molar-refractivity contribution in [2.24, 2.45) is 23.0 Å². The molecule has 5 nitrogen and oxygen atoms in total. The fraction of sp³-hybridized carbons (Fsp3) is 0.857. The molecular formula is C14H24N2O3. The number of amides is 1. The number of carboxylic acids is 1. The molecule has 4 N–H and O–H groups in total.